The predicted molar refractivity (Wildman–Crippen MR) is 51.9 cm³/mol. The SMILES string of the molecule is O=C(CCn1ccnc1)NCC(O)C(F)F. The Balaban J connectivity index is 2.16. The van der Waals surface area contributed by atoms with Crippen LogP contribution in [0.15, 0.2) is 18.7 Å². The van der Waals surface area contributed by atoms with Crippen molar-refractivity contribution >= 4 is 5.91 Å². The topological polar surface area (TPSA) is 67.2 Å². The van der Waals surface area contributed by atoms with Crippen molar-refractivity contribution < 1.29 is 18.7 Å². The number of hydrogen-bond donors (Lipinski definition) is 2. The number of hydrogen-bond acceptors (Lipinski definition) is 3. The number of carbonyl (C=O) groups is 1. The lowest BCUT2D eigenvalue weighted by Crippen LogP contribution is -2.36. The Morgan fingerprint density at radius 2 is 2.31 bits per heavy atom. The number of aliphatic hydroxyl groups is 1. The molecule has 7 heteroatoms. The van der Waals surface area contributed by atoms with Crippen LogP contribution in [-0.2, 0) is 11.3 Å². The normalized spacial score (nSPS) is 12.8. The number of rotatable bonds is 6. The van der Waals surface area contributed by atoms with E-state index in [1.54, 1.807) is 23.3 Å². The summed E-state index contributed by atoms with van der Waals surface area (Å²) in [6.45, 7) is -0.00294. The Hall–Kier alpha value is -1.50. The van der Waals surface area contributed by atoms with Gasteiger partial charge in [0.25, 0.3) is 6.43 Å². The molecule has 5 nitrogen and oxygen atoms in total. The molecule has 0 saturated heterocycles. The zero-order valence-corrected chi connectivity index (χ0v) is 8.51. The Morgan fingerprint density at radius 1 is 1.56 bits per heavy atom. The van der Waals surface area contributed by atoms with Gasteiger partial charge >= 0.3 is 0 Å². The van der Waals surface area contributed by atoms with Crippen molar-refractivity contribution in [2.75, 3.05) is 6.54 Å². The first-order chi connectivity index (χ1) is 7.59. The maximum atomic E-state index is 11.9. The van der Waals surface area contributed by atoms with Gasteiger partial charge in [-0.2, -0.15) is 0 Å². The standard InChI is InChI=1S/C9H13F2N3O2/c10-9(11)7(15)5-13-8(16)1-3-14-4-2-12-6-14/h2,4,6-7,9,15H,1,3,5H2,(H,13,16). The van der Waals surface area contributed by atoms with E-state index in [4.69, 9.17) is 5.11 Å². The Bertz CT molecular complexity index is 317. The van der Waals surface area contributed by atoms with Crippen LogP contribution in [0.3, 0.4) is 0 Å². The molecular formula is C9H13F2N3O2. The molecule has 1 unspecified atom stereocenters. The van der Waals surface area contributed by atoms with E-state index in [1.807, 2.05) is 0 Å². The van der Waals surface area contributed by atoms with Gasteiger partial charge in [0.1, 0.15) is 6.10 Å². The molecular weight excluding hydrogens is 220 g/mol. The van der Waals surface area contributed by atoms with Crippen molar-refractivity contribution in [2.45, 2.75) is 25.5 Å². The Labute approximate surface area is 91.1 Å². The summed E-state index contributed by atoms with van der Waals surface area (Å²) in [5, 5.41) is 11.0. The second-order valence-corrected chi connectivity index (χ2v) is 3.26. The molecule has 0 aliphatic carbocycles. The molecule has 0 saturated carbocycles. The number of amides is 1. The van der Waals surface area contributed by atoms with Crippen molar-refractivity contribution in [1.29, 1.82) is 0 Å². The van der Waals surface area contributed by atoms with Crippen LogP contribution in [0.5, 0.6) is 0 Å². The van der Waals surface area contributed by atoms with Gasteiger partial charge in [-0.15, -0.1) is 0 Å². The van der Waals surface area contributed by atoms with Crippen LogP contribution in [0.2, 0.25) is 0 Å². The molecule has 0 radical (unpaired) electrons. The Kier molecular flexibility index (Phi) is 4.84. The highest BCUT2D eigenvalue weighted by Crippen LogP contribution is 1.98. The summed E-state index contributed by atoms with van der Waals surface area (Å²) in [7, 11) is 0. The van der Waals surface area contributed by atoms with Gasteiger partial charge in [-0.1, -0.05) is 0 Å². The molecule has 16 heavy (non-hydrogen) atoms. The first kappa shape index (κ1) is 12.6. The van der Waals surface area contributed by atoms with Gasteiger partial charge in [0.05, 0.1) is 6.33 Å². The maximum Gasteiger partial charge on any atom is 0.265 e. The minimum absolute atomic E-state index is 0.159. The van der Waals surface area contributed by atoms with Gasteiger partial charge in [0.15, 0.2) is 0 Å². The smallest absolute Gasteiger partial charge is 0.265 e. The number of alkyl halides is 2. The van der Waals surface area contributed by atoms with E-state index in [2.05, 4.69) is 10.3 Å². The van der Waals surface area contributed by atoms with E-state index in [1.165, 1.54) is 0 Å². The molecule has 0 aromatic carbocycles. The minimum Gasteiger partial charge on any atom is -0.385 e. The van der Waals surface area contributed by atoms with Crippen molar-refractivity contribution in [3.8, 4) is 0 Å². The van der Waals surface area contributed by atoms with Crippen LogP contribution in [0.4, 0.5) is 8.78 Å². The molecule has 0 aliphatic heterocycles. The van der Waals surface area contributed by atoms with E-state index in [-0.39, 0.29) is 12.3 Å². The number of carbonyl (C=O) groups excluding carboxylic acids is 1. The average molecular weight is 233 g/mol. The van der Waals surface area contributed by atoms with Crippen molar-refractivity contribution in [3.05, 3.63) is 18.7 Å². The van der Waals surface area contributed by atoms with Gasteiger partial charge < -0.3 is 15.0 Å². The highest BCUT2D eigenvalue weighted by molar-refractivity contribution is 5.75. The molecule has 0 bridgehead atoms. The molecule has 0 aliphatic rings. The highest BCUT2D eigenvalue weighted by atomic mass is 19.3. The third-order valence-corrected chi connectivity index (χ3v) is 1.96. The molecule has 0 spiro atoms. The molecule has 0 fully saturated rings. The van der Waals surface area contributed by atoms with Gasteiger partial charge in [-0.3, -0.25) is 4.79 Å². The highest BCUT2D eigenvalue weighted by Gasteiger charge is 2.17. The first-order valence-electron chi connectivity index (χ1n) is 4.78. The lowest BCUT2D eigenvalue weighted by Gasteiger charge is -2.10. The van der Waals surface area contributed by atoms with Gasteiger partial charge in [0.2, 0.25) is 5.91 Å². The molecule has 1 aromatic rings. The zero-order chi connectivity index (χ0) is 12.0. The summed E-state index contributed by atoms with van der Waals surface area (Å²) in [4.78, 5) is 15.0. The number of aliphatic hydroxyl groups excluding tert-OH is 1. The largest absolute Gasteiger partial charge is 0.385 e. The van der Waals surface area contributed by atoms with E-state index >= 15 is 0 Å². The van der Waals surface area contributed by atoms with Crippen molar-refractivity contribution in [1.82, 2.24) is 14.9 Å². The molecule has 1 rings (SSSR count). The van der Waals surface area contributed by atoms with E-state index < -0.39 is 19.1 Å². The third-order valence-electron chi connectivity index (χ3n) is 1.96. The number of nitrogens with zero attached hydrogens (tertiary/aromatic N) is 2. The third kappa shape index (κ3) is 4.35. The number of aryl methyl sites for hydroxylation is 1. The van der Waals surface area contributed by atoms with Crippen LogP contribution in [-0.4, -0.2) is 39.6 Å². The quantitative estimate of drug-likeness (QED) is 0.727. The van der Waals surface area contributed by atoms with Gasteiger partial charge in [0, 0.05) is 31.9 Å². The summed E-state index contributed by atoms with van der Waals surface area (Å²) in [5.74, 6) is -0.381. The molecule has 1 heterocycles. The first-order valence-corrected chi connectivity index (χ1v) is 4.78. The van der Waals surface area contributed by atoms with Crippen molar-refractivity contribution in [3.63, 3.8) is 0 Å². The van der Waals surface area contributed by atoms with E-state index in [0.29, 0.717) is 6.54 Å². The minimum atomic E-state index is -2.84. The van der Waals surface area contributed by atoms with Gasteiger partial charge in [-0.25, -0.2) is 13.8 Å². The summed E-state index contributed by atoms with van der Waals surface area (Å²) in [6.07, 6.45) is 0.346. The average Bonchev–Trinajstić information content (AvgIpc) is 2.75. The maximum absolute atomic E-state index is 11.9. The van der Waals surface area contributed by atoms with Crippen LogP contribution >= 0.6 is 0 Å². The lowest BCUT2D eigenvalue weighted by atomic mass is 10.3. The van der Waals surface area contributed by atoms with Crippen molar-refractivity contribution in [2.24, 2.45) is 0 Å². The second-order valence-electron chi connectivity index (χ2n) is 3.26. The number of aromatic nitrogens is 2. The van der Waals surface area contributed by atoms with Crippen LogP contribution in [0.1, 0.15) is 6.42 Å². The summed E-state index contributed by atoms with van der Waals surface area (Å²) < 4.78 is 25.4. The second kappa shape index (κ2) is 6.16. The Morgan fingerprint density at radius 3 is 2.88 bits per heavy atom. The fourth-order valence-corrected chi connectivity index (χ4v) is 1.05. The fraction of sp³-hybridized carbons (Fsp3) is 0.556. The molecule has 2 N–H and O–H groups in total. The zero-order valence-electron chi connectivity index (χ0n) is 8.51. The fourth-order valence-electron chi connectivity index (χ4n) is 1.05. The number of imidazole rings is 1. The number of halogens is 2. The van der Waals surface area contributed by atoms with E-state index in [9.17, 15) is 13.6 Å². The molecule has 1 atom stereocenters. The van der Waals surface area contributed by atoms with Crippen LogP contribution in [0, 0.1) is 0 Å². The summed E-state index contributed by atoms with van der Waals surface area (Å²) >= 11 is 0. The van der Waals surface area contributed by atoms with Gasteiger partial charge in [-0.05, 0) is 0 Å². The van der Waals surface area contributed by atoms with Crippen LogP contribution in [0.25, 0.3) is 0 Å². The van der Waals surface area contributed by atoms with Crippen LogP contribution < -0.4 is 5.32 Å². The molecule has 1 amide bonds. The monoisotopic (exact) mass is 233 g/mol. The number of nitrogens with one attached hydrogen (secondary N) is 1. The predicted octanol–water partition coefficient (Wildman–Crippen LogP) is 0.0154. The molecule has 90 valence electrons. The lowest BCUT2D eigenvalue weighted by molar-refractivity contribution is -0.122. The molecule has 1 aromatic heterocycles. The van der Waals surface area contributed by atoms with E-state index in [0.717, 1.165) is 0 Å². The summed E-state index contributed by atoms with van der Waals surface area (Å²) in [6, 6.07) is 0. The summed E-state index contributed by atoms with van der Waals surface area (Å²) in [5.41, 5.74) is 0.